The fourth-order valence-electron chi connectivity index (χ4n) is 2.11. The molecule has 0 atom stereocenters. The molecule has 0 bridgehead atoms. The van der Waals surface area contributed by atoms with Crippen molar-refractivity contribution in [3.63, 3.8) is 0 Å². The number of carbonyl (C=O) groups is 2. The highest BCUT2D eigenvalue weighted by Gasteiger charge is 2.56. The fourth-order valence-corrected chi connectivity index (χ4v) is 2.11. The van der Waals surface area contributed by atoms with Gasteiger partial charge in [-0.3, -0.25) is 9.59 Å². The standard InChI is InChI=1S/C13H12FN3O3/c14-7-1-2-8-9(5-7)17-10(16-8)6-15-11(18)13(3-4-13)12(19)20/h1-2,5H,3-4,6H2,(H,15,18)(H,16,17)(H,19,20). The number of hydrogen-bond donors (Lipinski definition) is 3. The lowest BCUT2D eigenvalue weighted by atomic mass is 10.1. The number of carbonyl (C=O) groups excluding carboxylic acids is 1. The molecule has 1 heterocycles. The van der Waals surface area contributed by atoms with Crippen LogP contribution in [0.25, 0.3) is 11.0 Å². The number of fused-ring (bicyclic) bond motifs is 1. The van der Waals surface area contributed by atoms with Gasteiger partial charge < -0.3 is 15.4 Å². The van der Waals surface area contributed by atoms with Crippen LogP contribution in [0.3, 0.4) is 0 Å². The molecule has 1 saturated carbocycles. The summed E-state index contributed by atoms with van der Waals surface area (Å²) in [6.07, 6.45) is 0.721. The van der Waals surface area contributed by atoms with E-state index in [1.165, 1.54) is 18.2 Å². The van der Waals surface area contributed by atoms with Crippen LogP contribution in [-0.4, -0.2) is 27.0 Å². The van der Waals surface area contributed by atoms with Crippen molar-refractivity contribution in [1.29, 1.82) is 0 Å². The summed E-state index contributed by atoms with van der Waals surface area (Å²) in [4.78, 5) is 29.9. The molecule has 104 valence electrons. The van der Waals surface area contributed by atoms with E-state index in [1.54, 1.807) is 0 Å². The first-order valence-corrected chi connectivity index (χ1v) is 6.17. The van der Waals surface area contributed by atoms with Gasteiger partial charge in [-0.1, -0.05) is 0 Å². The van der Waals surface area contributed by atoms with E-state index >= 15 is 0 Å². The fraction of sp³-hybridized carbons (Fsp3) is 0.308. The predicted octanol–water partition coefficient (Wildman–Crippen LogP) is 1.18. The molecule has 1 aliphatic rings. The second kappa shape index (κ2) is 4.29. The molecular weight excluding hydrogens is 265 g/mol. The smallest absolute Gasteiger partial charge is 0.319 e. The Hall–Kier alpha value is -2.44. The van der Waals surface area contributed by atoms with Gasteiger partial charge in [0, 0.05) is 0 Å². The largest absolute Gasteiger partial charge is 0.480 e. The Bertz CT molecular complexity index is 706. The number of halogens is 1. The lowest BCUT2D eigenvalue weighted by Gasteiger charge is -2.09. The van der Waals surface area contributed by atoms with E-state index in [-0.39, 0.29) is 12.4 Å². The number of imidazole rings is 1. The van der Waals surface area contributed by atoms with E-state index in [4.69, 9.17) is 5.11 Å². The van der Waals surface area contributed by atoms with Crippen LogP contribution in [-0.2, 0) is 16.1 Å². The van der Waals surface area contributed by atoms with Crippen molar-refractivity contribution in [3.05, 3.63) is 29.8 Å². The van der Waals surface area contributed by atoms with E-state index in [0.29, 0.717) is 29.7 Å². The molecule has 0 aliphatic heterocycles. The second-order valence-electron chi connectivity index (χ2n) is 4.91. The van der Waals surface area contributed by atoms with Gasteiger partial charge in [0.25, 0.3) is 0 Å². The van der Waals surface area contributed by atoms with Crippen LogP contribution in [0.15, 0.2) is 18.2 Å². The van der Waals surface area contributed by atoms with Gasteiger partial charge in [-0.25, -0.2) is 9.37 Å². The highest BCUT2D eigenvalue weighted by atomic mass is 19.1. The first-order valence-electron chi connectivity index (χ1n) is 6.17. The number of hydrogen-bond acceptors (Lipinski definition) is 3. The molecule has 6 nitrogen and oxygen atoms in total. The van der Waals surface area contributed by atoms with Crippen LogP contribution in [0.1, 0.15) is 18.7 Å². The molecule has 1 aliphatic carbocycles. The summed E-state index contributed by atoms with van der Waals surface area (Å²) in [5.74, 6) is -1.52. The minimum Gasteiger partial charge on any atom is -0.480 e. The minimum absolute atomic E-state index is 0.0875. The van der Waals surface area contributed by atoms with Gasteiger partial charge in [0.2, 0.25) is 5.91 Å². The van der Waals surface area contributed by atoms with Gasteiger partial charge in [-0.15, -0.1) is 0 Å². The highest BCUT2D eigenvalue weighted by Crippen LogP contribution is 2.46. The zero-order chi connectivity index (χ0) is 14.3. The molecule has 1 aromatic carbocycles. The SMILES string of the molecule is O=C(O)C1(C(=O)NCc2nc3ccc(F)cc3[nH]2)CC1. The summed E-state index contributed by atoms with van der Waals surface area (Å²) >= 11 is 0. The number of carboxylic acid groups (broad SMARTS) is 1. The van der Waals surface area contributed by atoms with Crippen molar-refractivity contribution in [2.45, 2.75) is 19.4 Å². The number of aromatic nitrogens is 2. The molecule has 0 spiro atoms. The van der Waals surface area contributed by atoms with E-state index in [2.05, 4.69) is 15.3 Å². The molecule has 2 aromatic rings. The molecule has 1 fully saturated rings. The zero-order valence-electron chi connectivity index (χ0n) is 10.4. The number of nitrogens with zero attached hydrogens (tertiary/aromatic N) is 1. The number of aliphatic carboxylic acids is 1. The van der Waals surface area contributed by atoms with Crippen LogP contribution in [0.2, 0.25) is 0 Å². The third-order valence-electron chi connectivity index (χ3n) is 3.50. The van der Waals surface area contributed by atoms with Crippen molar-refractivity contribution >= 4 is 22.9 Å². The molecule has 20 heavy (non-hydrogen) atoms. The van der Waals surface area contributed by atoms with Crippen molar-refractivity contribution in [1.82, 2.24) is 15.3 Å². The zero-order valence-corrected chi connectivity index (χ0v) is 10.4. The molecule has 0 radical (unpaired) electrons. The Morgan fingerprint density at radius 2 is 2.20 bits per heavy atom. The first-order chi connectivity index (χ1) is 9.51. The van der Waals surface area contributed by atoms with Gasteiger partial charge in [-0.2, -0.15) is 0 Å². The maximum Gasteiger partial charge on any atom is 0.319 e. The first kappa shape index (κ1) is 12.6. The van der Waals surface area contributed by atoms with Gasteiger partial charge in [0.1, 0.15) is 17.1 Å². The molecule has 3 rings (SSSR count). The summed E-state index contributed by atoms with van der Waals surface area (Å²) < 4.78 is 13.0. The van der Waals surface area contributed by atoms with Crippen LogP contribution >= 0.6 is 0 Å². The summed E-state index contributed by atoms with van der Waals surface area (Å²) in [5.41, 5.74) is -0.137. The normalized spacial score (nSPS) is 16.1. The summed E-state index contributed by atoms with van der Waals surface area (Å²) in [5, 5.41) is 11.5. The van der Waals surface area contributed by atoms with Gasteiger partial charge >= 0.3 is 5.97 Å². The number of carboxylic acids is 1. The maximum absolute atomic E-state index is 13.0. The average Bonchev–Trinajstić information content (AvgIpc) is 3.12. The van der Waals surface area contributed by atoms with Crippen LogP contribution in [0, 0.1) is 11.2 Å². The monoisotopic (exact) mass is 277 g/mol. The minimum atomic E-state index is -1.27. The predicted molar refractivity (Wildman–Crippen MR) is 67.2 cm³/mol. The average molecular weight is 277 g/mol. The number of rotatable bonds is 4. The van der Waals surface area contributed by atoms with Crippen molar-refractivity contribution in [3.8, 4) is 0 Å². The summed E-state index contributed by atoms with van der Waals surface area (Å²) in [6, 6.07) is 4.15. The highest BCUT2D eigenvalue weighted by molar-refractivity contribution is 6.04. The number of amides is 1. The lowest BCUT2D eigenvalue weighted by Crippen LogP contribution is -2.36. The van der Waals surface area contributed by atoms with E-state index in [9.17, 15) is 14.0 Å². The second-order valence-corrected chi connectivity index (χ2v) is 4.91. The number of H-pyrrole nitrogens is 1. The van der Waals surface area contributed by atoms with Crippen molar-refractivity contribution in [2.75, 3.05) is 0 Å². The van der Waals surface area contributed by atoms with E-state index in [0.717, 1.165) is 0 Å². The number of nitrogens with one attached hydrogen (secondary N) is 2. The molecule has 0 unspecified atom stereocenters. The third-order valence-corrected chi connectivity index (χ3v) is 3.50. The van der Waals surface area contributed by atoms with Gasteiger partial charge in [0.05, 0.1) is 17.6 Å². The Morgan fingerprint density at radius 3 is 2.85 bits per heavy atom. The topological polar surface area (TPSA) is 95.1 Å². The van der Waals surface area contributed by atoms with Crippen molar-refractivity contribution in [2.24, 2.45) is 5.41 Å². The molecule has 1 amide bonds. The van der Waals surface area contributed by atoms with Crippen LogP contribution in [0.4, 0.5) is 4.39 Å². The lowest BCUT2D eigenvalue weighted by molar-refractivity contribution is -0.149. The van der Waals surface area contributed by atoms with E-state index < -0.39 is 17.3 Å². The Balaban J connectivity index is 1.71. The molecule has 7 heteroatoms. The Morgan fingerprint density at radius 1 is 1.45 bits per heavy atom. The number of aromatic amines is 1. The molecule has 0 saturated heterocycles. The maximum atomic E-state index is 13.0. The summed E-state index contributed by atoms with van der Waals surface area (Å²) in [6.45, 7) is 0.0875. The molecular formula is C13H12FN3O3. The Kier molecular flexibility index (Phi) is 2.70. The Labute approximate surface area is 113 Å². The van der Waals surface area contributed by atoms with Crippen LogP contribution < -0.4 is 5.32 Å². The summed E-state index contributed by atoms with van der Waals surface area (Å²) in [7, 11) is 0. The van der Waals surface area contributed by atoms with Gasteiger partial charge in [-0.05, 0) is 31.0 Å². The quantitative estimate of drug-likeness (QED) is 0.731. The van der Waals surface area contributed by atoms with Crippen molar-refractivity contribution < 1.29 is 19.1 Å². The third kappa shape index (κ3) is 2.01. The molecule has 3 N–H and O–H groups in total. The number of benzene rings is 1. The molecule has 1 aromatic heterocycles. The van der Waals surface area contributed by atoms with Gasteiger partial charge in [0.15, 0.2) is 0 Å². The van der Waals surface area contributed by atoms with Crippen LogP contribution in [0.5, 0.6) is 0 Å². The van der Waals surface area contributed by atoms with E-state index in [1.807, 2.05) is 0 Å².